The maximum Gasteiger partial charge on any atom is 0.306 e. The van der Waals surface area contributed by atoms with Gasteiger partial charge in [0.1, 0.15) is 6.61 Å². The molecule has 5 nitrogen and oxygen atoms in total. The molecule has 0 spiro atoms. The van der Waals surface area contributed by atoms with Gasteiger partial charge in [-0.2, -0.15) is 0 Å². The molecule has 5 heteroatoms. The SMILES string of the molecule is CCC/C=C\C/C=C\CCCCCCCC(=O)OC(CO)COC(=O)CCCCCCCCCCCCCCCCCCCCCCCCCCCC. The van der Waals surface area contributed by atoms with Crippen LogP contribution in [0.25, 0.3) is 0 Å². The van der Waals surface area contributed by atoms with E-state index in [1.54, 1.807) is 0 Å². The molecule has 0 amide bonds. The van der Waals surface area contributed by atoms with Crippen molar-refractivity contribution in [2.75, 3.05) is 13.2 Å². The number of allylic oxidation sites excluding steroid dienone is 4. The minimum absolute atomic E-state index is 0.0670. The molecule has 0 bridgehead atoms. The van der Waals surface area contributed by atoms with Gasteiger partial charge in [-0.3, -0.25) is 9.59 Å². The maximum absolute atomic E-state index is 12.2. The van der Waals surface area contributed by atoms with Crippen molar-refractivity contribution in [2.45, 2.75) is 258 Å². The maximum atomic E-state index is 12.2. The number of carbonyl (C=O) groups excluding carboxylic acids is 2. The molecule has 0 aliphatic rings. The Labute approximate surface area is 330 Å². The predicted molar refractivity (Wildman–Crippen MR) is 228 cm³/mol. The molecule has 0 radical (unpaired) electrons. The number of carbonyl (C=O) groups is 2. The van der Waals surface area contributed by atoms with Crippen LogP contribution in [-0.2, 0) is 19.1 Å². The first-order chi connectivity index (χ1) is 26.1. The van der Waals surface area contributed by atoms with Gasteiger partial charge in [0.15, 0.2) is 6.10 Å². The van der Waals surface area contributed by atoms with Gasteiger partial charge >= 0.3 is 11.9 Å². The first kappa shape index (κ1) is 51.4. The second kappa shape index (κ2) is 44.8. The lowest BCUT2D eigenvalue weighted by atomic mass is 10.0. The summed E-state index contributed by atoms with van der Waals surface area (Å²) in [6.07, 6.45) is 54.2. The van der Waals surface area contributed by atoms with Crippen LogP contribution in [0.15, 0.2) is 24.3 Å². The summed E-state index contributed by atoms with van der Waals surface area (Å²) in [5, 5.41) is 9.57. The third-order valence-corrected chi connectivity index (χ3v) is 10.5. The Hall–Kier alpha value is -1.62. The summed E-state index contributed by atoms with van der Waals surface area (Å²) in [4.78, 5) is 24.3. The summed E-state index contributed by atoms with van der Waals surface area (Å²) in [6, 6.07) is 0. The van der Waals surface area contributed by atoms with Crippen LogP contribution in [0.2, 0.25) is 0 Å². The van der Waals surface area contributed by atoms with Crippen molar-refractivity contribution in [1.82, 2.24) is 0 Å². The average molecular weight is 747 g/mol. The van der Waals surface area contributed by atoms with Gasteiger partial charge in [0.25, 0.3) is 0 Å². The highest BCUT2D eigenvalue weighted by molar-refractivity contribution is 5.70. The molecule has 0 heterocycles. The van der Waals surface area contributed by atoms with Crippen LogP contribution in [0.3, 0.4) is 0 Å². The minimum atomic E-state index is -0.774. The number of unbranched alkanes of at least 4 members (excludes halogenated alkanes) is 31. The number of aliphatic hydroxyl groups is 1. The van der Waals surface area contributed by atoms with Gasteiger partial charge in [0, 0.05) is 12.8 Å². The molecular formula is C48H90O5. The largest absolute Gasteiger partial charge is 0.462 e. The minimum Gasteiger partial charge on any atom is -0.462 e. The molecule has 0 aliphatic heterocycles. The lowest BCUT2D eigenvalue weighted by Gasteiger charge is -2.15. The molecule has 312 valence electrons. The second-order valence-corrected chi connectivity index (χ2v) is 15.8. The van der Waals surface area contributed by atoms with E-state index in [4.69, 9.17) is 9.47 Å². The fourth-order valence-corrected chi connectivity index (χ4v) is 6.95. The average Bonchev–Trinajstić information content (AvgIpc) is 3.16. The van der Waals surface area contributed by atoms with Crippen LogP contribution in [-0.4, -0.2) is 36.4 Å². The number of hydrogen-bond donors (Lipinski definition) is 1. The molecule has 53 heavy (non-hydrogen) atoms. The Kier molecular flexibility index (Phi) is 43.4. The molecule has 0 aromatic heterocycles. The third-order valence-electron chi connectivity index (χ3n) is 10.5. The monoisotopic (exact) mass is 747 g/mol. The molecular weight excluding hydrogens is 657 g/mol. The fourth-order valence-electron chi connectivity index (χ4n) is 6.95. The zero-order valence-corrected chi connectivity index (χ0v) is 35.5. The molecule has 1 atom stereocenters. The van der Waals surface area contributed by atoms with Crippen LogP contribution >= 0.6 is 0 Å². The molecule has 0 saturated carbocycles. The summed E-state index contributed by atoms with van der Waals surface area (Å²) >= 11 is 0. The van der Waals surface area contributed by atoms with Crippen molar-refractivity contribution >= 4 is 11.9 Å². The molecule has 0 aromatic rings. The van der Waals surface area contributed by atoms with Crippen LogP contribution in [0.1, 0.15) is 251 Å². The molecule has 0 fully saturated rings. The summed E-state index contributed by atoms with van der Waals surface area (Å²) in [7, 11) is 0. The quantitative estimate of drug-likeness (QED) is 0.0382. The van der Waals surface area contributed by atoms with E-state index in [0.29, 0.717) is 12.8 Å². The van der Waals surface area contributed by atoms with Crippen LogP contribution < -0.4 is 0 Å². The van der Waals surface area contributed by atoms with Crippen molar-refractivity contribution in [3.63, 3.8) is 0 Å². The summed E-state index contributed by atoms with van der Waals surface area (Å²) in [5.41, 5.74) is 0. The van der Waals surface area contributed by atoms with Crippen molar-refractivity contribution in [3.8, 4) is 0 Å². The van der Waals surface area contributed by atoms with E-state index in [1.165, 1.54) is 167 Å². The Morgan fingerprint density at radius 3 is 1.19 bits per heavy atom. The first-order valence-corrected chi connectivity index (χ1v) is 23.4. The Morgan fingerprint density at radius 2 is 0.792 bits per heavy atom. The Bertz CT molecular complexity index is 806. The molecule has 1 N–H and O–H groups in total. The van der Waals surface area contributed by atoms with E-state index in [0.717, 1.165) is 57.8 Å². The number of aliphatic hydroxyl groups excluding tert-OH is 1. The van der Waals surface area contributed by atoms with Gasteiger partial charge in [-0.25, -0.2) is 0 Å². The van der Waals surface area contributed by atoms with Gasteiger partial charge in [-0.05, 0) is 38.5 Å². The van der Waals surface area contributed by atoms with Gasteiger partial charge in [-0.15, -0.1) is 0 Å². The summed E-state index contributed by atoms with van der Waals surface area (Å²) in [5.74, 6) is -0.596. The van der Waals surface area contributed by atoms with E-state index >= 15 is 0 Å². The van der Waals surface area contributed by atoms with Gasteiger partial charge in [-0.1, -0.05) is 224 Å². The third kappa shape index (κ3) is 43.0. The lowest BCUT2D eigenvalue weighted by Crippen LogP contribution is -2.28. The zero-order valence-electron chi connectivity index (χ0n) is 35.5. The molecule has 0 aliphatic carbocycles. The smallest absolute Gasteiger partial charge is 0.306 e. The van der Waals surface area contributed by atoms with Crippen molar-refractivity contribution in [1.29, 1.82) is 0 Å². The number of esters is 2. The van der Waals surface area contributed by atoms with Crippen LogP contribution in [0.5, 0.6) is 0 Å². The van der Waals surface area contributed by atoms with Crippen molar-refractivity contribution < 1.29 is 24.2 Å². The van der Waals surface area contributed by atoms with Gasteiger partial charge in [0.2, 0.25) is 0 Å². The highest BCUT2D eigenvalue weighted by atomic mass is 16.6. The Balaban J connectivity index is 3.43. The molecule has 0 saturated heterocycles. The predicted octanol–water partition coefficient (Wildman–Crippen LogP) is 15.0. The Morgan fingerprint density at radius 1 is 0.434 bits per heavy atom. The van der Waals surface area contributed by atoms with E-state index < -0.39 is 6.10 Å². The first-order valence-electron chi connectivity index (χ1n) is 23.4. The summed E-state index contributed by atoms with van der Waals surface area (Å²) in [6.45, 7) is 4.09. The molecule has 1 unspecified atom stereocenters. The highest BCUT2D eigenvalue weighted by Crippen LogP contribution is 2.16. The standard InChI is InChI=1S/C48H90O5/c1-3-5-7-9-11-13-15-17-18-19-20-21-22-23-24-25-26-27-28-29-31-32-34-36-38-40-42-47(50)52-45-46(44-49)53-48(51)43-41-39-37-35-33-30-16-14-12-10-8-6-4-2/h8,10,14,16,46,49H,3-7,9,11-13,15,17-45H2,1-2H3/b10-8-,16-14-. The van der Waals surface area contributed by atoms with E-state index in [-0.39, 0.29) is 25.2 Å². The van der Waals surface area contributed by atoms with Crippen molar-refractivity contribution in [2.24, 2.45) is 0 Å². The number of hydrogen-bond acceptors (Lipinski definition) is 5. The zero-order chi connectivity index (χ0) is 38.6. The number of ether oxygens (including phenoxy) is 2. The fraction of sp³-hybridized carbons (Fsp3) is 0.875. The second-order valence-electron chi connectivity index (χ2n) is 15.8. The van der Waals surface area contributed by atoms with Crippen LogP contribution in [0, 0.1) is 0 Å². The van der Waals surface area contributed by atoms with Crippen molar-refractivity contribution in [3.05, 3.63) is 24.3 Å². The van der Waals surface area contributed by atoms with E-state index in [9.17, 15) is 14.7 Å². The van der Waals surface area contributed by atoms with E-state index in [2.05, 4.69) is 38.2 Å². The number of rotatable bonds is 43. The normalized spacial score (nSPS) is 12.3. The lowest BCUT2D eigenvalue weighted by molar-refractivity contribution is -0.161. The van der Waals surface area contributed by atoms with Crippen LogP contribution in [0.4, 0.5) is 0 Å². The topological polar surface area (TPSA) is 72.8 Å². The molecule has 0 rings (SSSR count). The summed E-state index contributed by atoms with van der Waals surface area (Å²) < 4.78 is 10.6. The highest BCUT2D eigenvalue weighted by Gasteiger charge is 2.16. The molecule has 0 aromatic carbocycles. The van der Waals surface area contributed by atoms with Gasteiger partial charge in [0.05, 0.1) is 6.61 Å². The van der Waals surface area contributed by atoms with E-state index in [1.807, 2.05) is 0 Å². The van der Waals surface area contributed by atoms with Gasteiger partial charge < -0.3 is 14.6 Å².